The van der Waals surface area contributed by atoms with Crippen LogP contribution in [0, 0.1) is 24.0 Å². The van der Waals surface area contributed by atoms with Crippen LogP contribution in [0.3, 0.4) is 0 Å². The summed E-state index contributed by atoms with van der Waals surface area (Å²) in [7, 11) is 1.20. The molecule has 43 heavy (non-hydrogen) atoms. The Morgan fingerprint density at radius 3 is 2.33 bits per heavy atom. The summed E-state index contributed by atoms with van der Waals surface area (Å²) in [5.74, 6) is -3.39. The van der Waals surface area contributed by atoms with Gasteiger partial charge in [-0.15, -0.1) is 0 Å². The van der Waals surface area contributed by atoms with Crippen molar-refractivity contribution in [2.45, 2.75) is 46.8 Å². The number of anilines is 1. The Morgan fingerprint density at radius 1 is 1.12 bits per heavy atom. The number of amides is 1. The molecule has 3 aromatic rings. The maximum absolute atomic E-state index is 13.4. The standard InChI is InChI=1S/C27H25N3O8S.C2H4O2/c1-13(2)38-19-10-9-17(11-14(19)3)22(31)20-21(16-7-6-8-18(12-16)30(35)36)29(25(33)23(20)32)27-28-15(4)24(39-27)26(34)37-5;1-2(3)4/h6-13,21,31H,1-5H3;1H3,(H,3,4)/b22-20+;. The molecule has 2 heterocycles. The second-order valence-corrected chi connectivity index (χ2v) is 10.6. The molecule has 0 bridgehead atoms. The molecule has 1 amide bonds. The number of hydrogen-bond donors (Lipinski definition) is 2. The Hall–Kier alpha value is -5.11. The molecule has 14 heteroatoms. The molecular formula is C29H29N3O10S. The Labute approximate surface area is 250 Å². The summed E-state index contributed by atoms with van der Waals surface area (Å²) in [6, 6.07) is 9.00. The number of nitro groups is 1. The SMILES string of the molecule is CC(=O)O.COC(=O)c1sc(N2C(=O)C(=O)/C(=C(/O)c3ccc(OC(C)C)c(C)c3)C2c2cccc([N+](=O)[O-])c2)nc1C. The predicted octanol–water partition coefficient (Wildman–Crippen LogP) is 4.96. The van der Waals surface area contributed by atoms with E-state index in [1.807, 2.05) is 13.8 Å². The van der Waals surface area contributed by atoms with E-state index in [9.17, 15) is 29.6 Å². The highest BCUT2D eigenvalue weighted by Crippen LogP contribution is 2.44. The van der Waals surface area contributed by atoms with E-state index in [4.69, 9.17) is 19.4 Å². The number of esters is 1. The summed E-state index contributed by atoms with van der Waals surface area (Å²) >= 11 is 0.836. The number of aliphatic carboxylic acids is 1. The molecule has 1 aliphatic rings. The zero-order valence-corrected chi connectivity index (χ0v) is 24.9. The van der Waals surface area contributed by atoms with Gasteiger partial charge in [0.1, 0.15) is 16.4 Å². The molecule has 1 saturated heterocycles. The highest BCUT2D eigenvalue weighted by Gasteiger charge is 2.48. The number of hydrogen-bond acceptors (Lipinski definition) is 11. The molecule has 13 nitrogen and oxygen atoms in total. The largest absolute Gasteiger partial charge is 0.507 e. The zero-order chi connectivity index (χ0) is 32.2. The highest BCUT2D eigenvalue weighted by atomic mass is 32.1. The van der Waals surface area contributed by atoms with Gasteiger partial charge < -0.3 is 19.7 Å². The fourth-order valence-corrected chi connectivity index (χ4v) is 5.27. The van der Waals surface area contributed by atoms with E-state index in [0.717, 1.165) is 23.2 Å². The van der Waals surface area contributed by atoms with Crippen LogP contribution in [-0.4, -0.2) is 57.0 Å². The number of ketones is 1. The van der Waals surface area contributed by atoms with Crippen molar-refractivity contribution in [2.75, 3.05) is 12.0 Å². The van der Waals surface area contributed by atoms with Gasteiger partial charge in [-0.2, -0.15) is 0 Å². The fraction of sp³-hybridized carbons (Fsp3) is 0.276. The maximum Gasteiger partial charge on any atom is 0.350 e. The van der Waals surface area contributed by atoms with E-state index < -0.39 is 40.4 Å². The number of non-ortho nitro benzene ring substituents is 1. The number of ether oxygens (including phenoxy) is 2. The molecular weight excluding hydrogens is 582 g/mol. The monoisotopic (exact) mass is 611 g/mol. The third-order valence-electron chi connectivity index (χ3n) is 6.01. The fourth-order valence-electron chi connectivity index (χ4n) is 4.26. The number of rotatable bonds is 7. The van der Waals surface area contributed by atoms with Crippen LogP contribution in [0.15, 0.2) is 48.0 Å². The summed E-state index contributed by atoms with van der Waals surface area (Å²) in [4.78, 5) is 64.4. The molecule has 1 aromatic heterocycles. The van der Waals surface area contributed by atoms with Gasteiger partial charge in [0.05, 0.1) is 35.4 Å². The van der Waals surface area contributed by atoms with E-state index >= 15 is 0 Å². The molecule has 1 atom stereocenters. The number of nitrogens with zero attached hydrogens (tertiary/aromatic N) is 3. The Bertz CT molecular complexity index is 1640. The summed E-state index contributed by atoms with van der Waals surface area (Å²) < 4.78 is 10.5. The lowest BCUT2D eigenvalue weighted by Gasteiger charge is -2.23. The van der Waals surface area contributed by atoms with Crippen LogP contribution in [0.25, 0.3) is 5.76 Å². The van der Waals surface area contributed by atoms with Gasteiger partial charge in [0.25, 0.3) is 17.4 Å². The topological polar surface area (TPSA) is 186 Å². The summed E-state index contributed by atoms with van der Waals surface area (Å²) in [5, 5.41) is 30.3. The lowest BCUT2D eigenvalue weighted by molar-refractivity contribution is -0.384. The first-order valence-corrected chi connectivity index (χ1v) is 13.6. The zero-order valence-electron chi connectivity index (χ0n) is 24.1. The van der Waals surface area contributed by atoms with Gasteiger partial charge in [0.15, 0.2) is 5.13 Å². The third kappa shape index (κ3) is 7.04. The van der Waals surface area contributed by atoms with Crippen LogP contribution in [-0.2, 0) is 19.1 Å². The molecule has 1 unspecified atom stereocenters. The van der Waals surface area contributed by atoms with Crippen molar-refractivity contribution < 1.29 is 43.8 Å². The Kier molecular flexibility index (Phi) is 9.98. The average molecular weight is 612 g/mol. The first-order chi connectivity index (χ1) is 20.2. The molecule has 2 aromatic carbocycles. The minimum absolute atomic E-state index is 0.00224. The average Bonchev–Trinajstić information content (AvgIpc) is 3.44. The van der Waals surface area contributed by atoms with Crippen molar-refractivity contribution in [1.29, 1.82) is 0 Å². The minimum Gasteiger partial charge on any atom is -0.507 e. The van der Waals surface area contributed by atoms with E-state index in [0.29, 0.717) is 11.3 Å². The maximum atomic E-state index is 13.4. The first-order valence-electron chi connectivity index (χ1n) is 12.8. The van der Waals surface area contributed by atoms with E-state index in [1.165, 1.54) is 31.4 Å². The van der Waals surface area contributed by atoms with Crippen LogP contribution in [0.1, 0.15) is 58.9 Å². The lowest BCUT2D eigenvalue weighted by atomic mass is 9.94. The Balaban J connectivity index is 0.00000119. The molecule has 1 aliphatic heterocycles. The van der Waals surface area contributed by atoms with Gasteiger partial charge in [0, 0.05) is 24.6 Å². The lowest BCUT2D eigenvalue weighted by Crippen LogP contribution is -2.29. The summed E-state index contributed by atoms with van der Waals surface area (Å²) in [5.41, 5.74) is 0.876. The van der Waals surface area contributed by atoms with Crippen molar-refractivity contribution in [1.82, 2.24) is 4.98 Å². The van der Waals surface area contributed by atoms with Gasteiger partial charge in [-0.3, -0.25) is 29.4 Å². The van der Waals surface area contributed by atoms with E-state index in [1.54, 1.807) is 32.0 Å². The third-order valence-corrected chi connectivity index (χ3v) is 7.15. The van der Waals surface area contributed by atoms with Crippen molar-refractivity contribution in [3.8, 4) is 5.75 Å². The number of benzene rings is 2. The smallest absolute Gasteiger partial charge is 0.350 e. The predicted molar refractivity (Wildman–Crippen MR) is 156 cm³/mol. The first kappa shape index (κ1) is 32.4. The number of methoxy groups -OCH3 is 1. The Morgan fingerprint density at radius 2 is 1.77 bits per heavy atom. The number of carbonyl (C=O) groups is 4. The molecule has 2 N–H and O–H groups in total. The molecule has 0 spiro atoms. The molecule has 226 valence electrons. The van der Waals surface area contributed by atoms with E-state index in [2.05, 4.69) is 4.98 Å². The van der Waals surface area contributed by atoms with Crippen LogP contribution in [0.4, 0.5) is 10.8 Å². The number of carbonyl (C=O) groups excluding carboxylic acids is 3. The van der Waals surface area contributed by atoms with Crippen molar-refractivity contribution >= 4 is 51.5 Å². The van der Waals surface area contributed by atoms with Gasteiger partial charge in [-0.1, -0.05) is 23.5 Å². The normalized spacial score (nSPS) is 15.6. The molecule has 1 fully saturated rings. The summed E-state index contributed by atoms with van der Waals surface area (Å²) in [6.07, 6.45) is -0.0843. The molecule has 0 radical (unpaired) electrons. The van der Waals surface area contributed by atoms with Gasteiger partial charge >= 0.3 is 11.9 Å². The number of carboxylic acid groups (broad SMARTS) is 1. The van der Waals surface area contributed by atoms with Gasteiger partial charge in [-0.05, 0) is 57.0 Å². The summed E-state index contributed by atoms with van der Waals surface area (Å²) in [6.45, 7) is 8.16. The van der Waals surface area contributed by atoms with Crippen LogP contribution in [0.5, 0.6) is 5.75 Å². The van der Waals surface area contributed by atoms with Crippen molar-refractivity contribution in [2.24, 2.45) is 0 Å². The molecule has 4 rings (SSSR count). The number of thiazole rings is 1. The second kappa shape index (κ2) is 13.2. The van der Waals surface area contributed by atoms with Gasteiger partial charge in [0.2, 0.25) is 0 Å². The number of aryl methyl sites for hydroxylation is 2. The second-order valence-electron chi connectivity index (χ2n) is 9.59. The quantitative estimate of drug-likeness (QED) is 0.0918. The van der Waals surface area contributed by atoms with E-state index in [-0.39, 0.29) is 44.2 Å². The number of Topliss-reactive ketones (excluding diaryl/α,β-unsaturated/α-hetero) is 1. The number of carboxylic acids is 1. The molecule has 0 saturated carbocycles. The van der Waals surface area contributed by atoms with Crippen LogP contribution >= 0.6 is 11.3 Å². The van der Waals surface area contributed by atoms with Gasteiger partial charge in [-0.25, -0.2) is 9.78 Å². The van der Waals surface area contributed by atoms with Crippen molar-refractivity contribution in [3.05, 3.63) is 85.4 Å². The number of nitro benzene ring substituents is 1. The van der Waals surface area contributed by atoms with Crippen LogP contribution < -0.4 is 9.64 Å². The number of aliphatic hydroxyl groups is 1. The van der Waals surface area contributed by atoms with Crippen LogP contribution in [0.2, 0.25) is 0 Å². The number of aromatic nitrogens is 1. The molecule has 0 aliphatic carbocycles. The van der Waals surface area contributed by atoms with Crippen molar-refractivity contribution in [3.63, 3.8) is 0 Å². The minimum atomic E-state index is -1.26. The number of aliphatic hydroxyl groups excluding tert-OH is 1. The highest BCUT2D eigenvalue weighted by molar-refractivity contribution is 7.17.